The van der Waals surface area contributed by atoms with E-state index in [0.29, 0.717) is 22.9 Å². The van der Waals surface area contributed by atoms with E-state index in [2.05, 4.69) is 11.4 Å². The van der Waals surface area contributed by atoms with Gasteiger partial charge in [-0.15, -0.1) is 0 Å². The Balaban J connectivity index is 1.72. The van der Waals surface area contributed by atoms with E-state index in [1.807, 2.05) is 6.07 Å². The van der Waals surface area contributed by atoms with E-state index >= 15 is 0 Å². The first kappa shape index (κ1) is 12.8. The standard InChI is InChI=1S/C19H22N2O2/c20-17(22)12-2-1-11-9-13-18-5-3-10(4-6-18)16-19(18,7-8-21-13)14(11)15(12)23-16/h1-2,10,13,16,21H,3-9H2,(H2,20,22). The average molecular weight is 310 g/mol. The van der Waals surface area contributed by atoms with Crippen LogP contribution < -0.4 is 15.8 Å². The van der Waals surface area contributed by atoms with Gasteiger partial charge in [0.15, 0.2) is 0 Å². The molecular formula is C19H22N2O2. The summed E-state index contributed by atoms with van der Waals surface area (Å²) < 4.78 is 6.57. The van der Waals surface area contributed by atoms with Gasteiger partial charge in [-0.1, -0.05) is 6.07 Å². The minimum atomic E-state index is -0.352. The van der Waals surface area contributed by atoms with Gasteiger partial charge >= 0.3 is 0 Å². The van der Waals surface area contributed by atoms with Crippen LogP contribution >= 0.6 is 0 Å². The fourth-order valence-electron chi connectivity index (χ4n) is 7.21. The van der Waals surface area contributed by atoms with Crippen LogP contribution in [0.2, 0.25) is 0 Å². The molecule has 4 bridgehead atoms. The summed E-state index contributed by atoms with van der Waals surface area (Å²) >= 11 is 0. The van der Waals surface area contributed by atoms with Gasteiger partial charge in [0, 0.05) is 17.0 Å². The molecule has 3 unspecified atom stereocenters. The SMILES string of the molecule is NC(=O)c1ccc2c3c1OC1C4CCC5(CC4)C(C2)NCCC315. The molecule has 1 amide bonds. The lowest BCUT2D eigenvalue weighted by atomic mass is 9.38. The van der Waals surface area contributed by atoms with Crippen molar-refractivity contribution < 1.29 is 9.53 Å². The second kappa shape index (κ2) is 3.75. The third-order valence-corrected chi connectivity index (χ3v) is 7.93. The van der Waals surface area contributed by atoms with Crippen LogP contribution in [-0.2, 0) is 11.8 Å². The highest BCUT2D eigenvalue weighted by Crippen LogP contribution is 2.72. The largest absolute Gasteiger partial charge is 0.488 e. The summed E-state index contributed by atoms with van der Waals surface area (Å²) in [5.74, 6) is 1.14. The Morgan fingerprint density at radius 1 is 1.26 bits per heavy atom. The van der Waals surface area contributed by atoms with Crippen LogP contribution in [0.5, 0.6) is 5.75 Å². The number of carbonyl (C=O) groups excluding carboxylic acids is 1. The van der Waals surface area contributed by atoms with Crippen molar-refractivity contribution in [3.8, 4) is 5.75 Å². The number of fused-ring (bicyclic) bond motifs is 2. The first-order chi connectivity index (χ1) is 11.2. The van der Waals surface area contributed by atoms with Gasteiger partial charge in [-0.25, -0.2) is 0 Å². The van der Waals surface area contributed by atoms with Gasteiger partial charge in [0.1, 0.15) is 11.9 Å². The predicted octanol–water partition coefficient (Wildman–Crippen LogP) is 1.89. The quantitative estimate of drug-likeness (QED) is 0.832. The third-order valence-electron chi connectivity index (χ3n) is 7.93. The fraction of sp³-hybridized carbons (Fsp3) is 0.632. The van der Waals surface area contributed by atoms with Crippen LogP contribution in [0.4, 0.5) is 0 Å². The molecule has 4 heteroatoms. The highest BCUT2D eigenvalue weighted by atomic mass is 16.5. The summed E-state index contributed by atoms with van der Waals surface area (Å²) in [6.45, 7) is 1.07. The molecule has 0 radical (unpaired) electrons. The van der Waals surface area contributed by atoms with Crippen molar-refractivity contribution in [3.05, 3.63) is 28.8 Å². The number of ether oxygens (including phenoxy) is 1. The summed E-state index contributed by atoms with van der Waals surface area (Å²) in [4.78, 5) is 12.0. The predicted molar refractivity (Wildman–Crippen MR) is 85.6 cm³/mol. The van der Waals surface area contributed by atoms with Crippen LogP contribution in [0.25, 0.3) is 0 Å². The number of carbonyl (C=O) groups is 1. The second-order valence-electron chi connectivity index (χ2n) is 8.30. The molecule has 1 saturated heterocycles. The number of hydrogen-bond acceptors (Lipinski definition) is 3. The highest BCUT2D eigenvalue weighted by molar-refractivity contribution is 5.97. The lowest BCUT2D eigenvalue weighted by Crippen LogP contribution is -2.73. The number of amides is 1. The summed E-state index contributed by atoms with van der Waals surface area (Å²) in [6, 6.07) is 4.60. The Hall–Kier alpha value is -1.55. The molecule has 3 saturated carbocycles. The Morgan fingerprint density at radius 3 is 2.87 bits per heavy atom. The smallest absolute Gasteiger partial charge is 0.252 e. The van der Waals surface area contributed by atoms with E-state index < -0.39 is 0 Å². The highest BCUT2D eigenvalue weighted by Gasteiger charge is 2.73. The Kier molecular flexibility index (Phi) is 2.09. The first-order valence-electron chi connectivity index (χ1n) is 9.04. The second-order valence-corrected chi connectivity index (χ2v) is 8.30. The molecule has 1 aromatic carbocycles. The average Bonchev–Trinajstić information content (AvgIpc) is 2.90. The van der Waals surface area contributed by atoms with Crippen LogP contribution in [0.3, 0.4) is 0 Å². The van der Waals surface area contributed by atoms with E-state index in [4.69, 9.17) is 10.5 Å². The van der Waals surface area contributed by atoms with E-state index in [-0.39, 0.29) is 17.4 Å². The number of piperidine rings is 1. The Bertz CT molecular complexity index is 750. The van der Waals surface area contributed by atoms with Crippen molar-refractivity contribution in [3.63, 3.8) is 0 Å². The molecule has 120 valence electrons. The van der Waals surface area contributed by atoms with Gasteiger partial charge in [-0.3, -0.25) is 4.79 Å². The number of nitrogens with two attached hydrogens (primary N) is 1. The van der Waals surface area contributed by atoms with E-state index in [0.717, 1.165) is 25.1 Å². The maximum atomic E-state index is 12.0. The Labute approximate surface area is 135 Å². The van der Waals surface area contributed by atoms with Gasteiger partial charge < -0.3 is 15.8 Å². The van der Waals surface area contributed by atoms with Crippen molar-refractivity contribution in [2.24, 2.45) is 17.1 Å². The zero-order chi connectivity index (χ0) is 15.4. The molecule has 4 nitrogen and oxygen atoms in total. The lowest BCUT2D eigenvalue weighted by molar-refractivity contribution is -0.145. The number of rotatable bonds is 1. The number of nitrogens with one attached hydrogen (secondary N) is 1. The third kappa shape index (κ3) is 1.16. The van der Waals surface area contributed by atoms with Gasteiger partial charge in [-0.05, 0) is 68.0 Å². The van der Waals surface area contributed by atoms with E-state index in [1.165, 1.54) is 36.8 Å². The summed E-state index contributed by atoms with van der Waals surface area (Å²) in [7, 11) is 0. The van der Waals surface area contributed by atoms with Crippen molar-refractivity contribution in [2.75, 3.05) is 6.54 Å². The maximum absolute atomic E-state index is 12.0. The molecule has 3 atom stereocenters. The monoisotopic (exact) mass is 310 g/mol. The molecule has 4 fully saturated rings. The van der Waals surface area contributed by atoms with Crippen LogP contribution in [0.15, 0.2) is 12.1 Å². The van der Waals surface area contributed by atoms with E-state index in [1.54, 1.807) is 0 Å². The minimum absolute atomic E-state index is 0.137. The molecule has 2 spiro atoms. The van der Waals surface area contributed by atoms with Crippen LogP contribution in [0, 0.1) is 11.3 Å². The summed E-state index contributed by atoms with van der Waals surface area (Å²) in [6.07, 6.45) is 7.67. The van der Waals surface area contributed by atoms with Crippen LogP contribution in [-0.4, -0.2) is 24.6 Å². The molecule has 7 rings (SSSR count). The minimum Gasteiger partial charge on any atom is -0.488 e. The first-order valence-corrected chi connectivity index (χ1v) is 9.04. The van der Waals surface area contributed by atoms with Crippen molar-refractivity contribution in [1.29, 1.82) is 0 Å². The maximum Gasteiger partial charge on any atom is 0.252 e. The molecule has 6 aliphatic rings. The lowest BCUT2D eigenvalue weighted by Gasteiger charge is -2.68. The molecule has 0 aromatic heterocycles. The molecule has 2 heterocycles. The van der Waals surface area contributed by atoms with Gasteiger partial charge in [0.05, 0.1) is 5.56 Å². The van der Waals surface area contributed by atoms with Crippen molar-refractivity contribution >= 4 is 5.91 Å². The fourth-order valence-corrected chi connectivity index (χ4v) is 7.21. The number of hydrogen-bond donors (Lipinski definition) is 2. The topological polar surface area (TPSA) is 64.4 Å². The van der Waals surface area contributed by atoms with Gasteiger partial charge in [0.25, 0.3) is 5.91 Å². The molecule has 1 aromatic rings. The Morgan fingerprint density at radius 2 is 2.09 bits per heavy atom. The number of benzene rings is 1. The van der Waals surface area contributed by atoms with Gasteiger partial charge in [-0.2, -0.15) is 0 Å². The normalized spacial score (nSPS) is 44.6. The zero-order valence-corrected chi connectivity index (χ0v) is 13.2. The molecule has 23 heavy (non-hydrogen) atoms. The molecule has 3 N–H and O–H groups in total. The summed E-state index contributed by atoms with van der Waals surface area (Å²) in [5.41, 5.74) is 9.49. The molecule has 4 aliphatic carbocycles. The van der Waals surface area contributed by atoms with Crippen LogP contribution in [0.1, 0.15) is 53.6 Å². The van der Waals surface area contributed by atoms with Crippen molar-refractivity contribution in [1.82, 2.24) is 5.32 Å². The van der Waals surface area contributed by atoms with Gasteiger partial charge in [0.2, 0.25) is 0 Å². The molecular weight excluding hydrogens is 288 g/mol. The number of primary amides is 1. The zero-order valence-electron chi connectivity index (χ0n) is 13.2. The van der Waals surface area contributed by atoms with Crippen molar-refractivity contribution in [2.45, 2.75) is 56.1 Å². The molecule has 2 aliphatic heterocycles. The van der Waals surface area contributed by atoms with E-state index in [9.17, 15) is 4.79 Å². The summed E-state index contributed by atoms with van der Waals surface area (Å²) in [5, 5.41) is 3.84.